The lowest BCUT2D eigenvalue weighted by atomic mass is 9.98. The van der Waals surface area contributed by atoms with E-state index in [1.807, 2.05) is 13.0 Å². The number of carbonyl (C=O) groups excluding carboxylic acids is 1. The summed E-state index contributed by atoms with van der Waals surface area (Å²) >= 11 is 0. The number of hydrogen-bond donors (Lipinski definition) is 1. The van der Waals surface area contributed by atoms with Gasteiger partial charge in [0.1, 0.15) is 22.2 Å². The van der Waals surface area contributed by atoms with Gasteiger partial charge in [0, 0.05) is 13.1 Å². The number of amides is 1. The SMILES string of the molecule is COc1ccc(C)cc1NC(=O)C1CCCN(S(=O)(=O)c2cc(F)ccc2OC)C1. The van der Waals surface area contributed by atoms with Gasteiger partial charge in [0.05, 0.1) is 25.8 Å². The van der Waals surface area contributed by atoms with Crippen molar-refractivity contribution in [2.24, 2.45) is 5.92 Å². The number of ether oxygens (including phenoxy) is 2. The zero-order chi connectivity index (χ0) is 21.9. The number of nitrogens with zero attached hydrogens (tertiary/aromatic N) is 1. The van der Waals surface area contributed by atoms with Gasteiger partial charge in [0.15, 0.2) is 0 Å². The van der Waals surface area contributed by atoms with Crippen molar-refractivity contribution in [1.82, 2.24) is 4.31 Å². The Labute approximate surface area is 175 Å². The third kappa shape index (κ3) is 4.57. The molecule has 0 saturated carbocycles. The summed E-state index contributed by atoms with van der Waals surface area (Å²) in [6.07, 6.45) is 1.06. The van der Waals surface area contributed by atoms with Crippen molar-refractivity contribution in [3.63, 3.8) is 0 Å². The van der Waals surface area contributed by atoms with Crippen molar-refractivity contribution >= 4 is 21.6 Å². The molecule has 1 N–H and O–H groups in total. The Morgan fingerprint density at radius 2 is 1.83 bits per heavy atom. The number of anilines is 1. The number of methoxy groups -OCH3 is 2. The number of nitrogens with one attached hydrogen (secondary N) is 1. The van der Waals surface area contributed by atoms with E-state index in [-0.39, 0.29) is 29.6 Å². The molecule has 1 aliphatic rings. The number of rotatable bonds is 6. The summed E-state index contributed by atoms with van der Waals surface area (Å²) < 4.78 is 51.6. The molecule has 7 nitrogen and oxygen atoms in total. The number of aryl methyl sites for hydroxylation is 1. The summed E-state index contributed by atoms with van der Waals surface area (Å²) in [7, 11) is -1.18. The molecule has 2 aromatic rings. The number of carbonyl (C=O) groups is 1. The molecule has 1 saturated heterocycles. The zero-order valence-electron chi connectivity index (χ0n) is 17.1. The number of hydrogen-bond acceptors (Lipinski definition) is 5. The topological polar surface area (TPSA) is 84.9 Å². The Kier molecular flexibility index (Phi) is 6.62. The Bertz CT molecular complexity index is 1040. The van der Waals surface area contributed by atoms with Crippen LogP contribution in [0.5, 0.6) is 11.5 Å². The van der Waals surface area contributed by atoms with Gasteiger partial charge in [-0.05, 0) is 55.7 Å². The van der Waals surface area contributed by atoms with E-state index in [1.54, 1.807) is 12.1 Å². The summed E-state index contributed by atoms with van der Waals surface area (Å²) in [5, 5.41) is 2.85. The fourth-order valence-electron chi connectivity index (χ4n) is 3.52. The lowest BCUT2D eigenvalue weighted by Crippen LogP contribution is -2.43. The molecule has 1 atom stereocenters. The van der Waals surface area contributed by atoms with Crippen molar-refractivity contribution in [3.8, 4) is 11.5 Å². The highest BCUT2D eigenvalue weighted by Crippen LogP contribution is 2.31. The second kappa shape index (κ2) is 9.01. The van der Waals surface area contributed by atoms with Crippen molar-refractivity contribution in [1.29, 1.82) is 0 Å². The van der Waals surface area contributed by atoms with Crippen LogP contribution in [0.3, 0.4) is 0 Å². The first kappa shape index (κ1) is 22.0. The Hall–Kier alpha value is -2.65. The minimum absolute atomic E-state index is 0.00195. The van der Waals surface area contributed by atoms with E-state index >= 15 is 0 Å². The summed E-state index contributed by atoms with van der Waals surface area (Å²) in [4.78, 5) is 12.6. The molecule has 0 radical (unpaired) electrons. The summed E-state index contributed by atoms with van der Waals surface area (Å²) in [5.74, 6) is -0.915. The fraction of sp³-hybridized carbons (Fsp3) is 0.381. The maximum absolute atomic E-state index is 13.7. The fourth-order valence-corrected chi connectivity index (χ4v) is 5.21. The number of benzene rings is 2. The van der Waals surface area contributed by atoms with E-state index < -0.39 is 21.8 Å². The van der Waals surface area contributed by atoms with Gasteiger partial charge in [0.25, 0.3) is 0 Å². The average Bonchev–Trinajstić information content (AvgIpc) is 2.74. The van der Waals surface area contributed by atoms with Crippen LogP contribution in [0.4, 0.5) is 10.1 Å². The molecule has 0 aliphatic carbocycles. The van der Waals surface area contributed by atoms with E-state index in [0.717, 1.165) is 17.7 Å². The summed E-state index contributed by atoms with van der Waals surface area (Å²) in [6, 6.07) is 8.79. The van der Waals surface area contributed by atoms with E-state index in [0.29, 0.717) is 24.3 Å². The smallest absolute Gasteiger partial charge is 0.246 e. The van der Waals surface area contributed by atoms with Crippen LogP contribution in [0.2, 0.25) is 0 Å². The average molecular weight is 437 g/mol. The van der Waals surface area contributed by atoms with Gasteiger partial charge in [-0.25, -0.2) is 12.8 Å². The number of halogens is 1. The van der Waals surface area contributed by atoms with Gasteiger partial charge in [-0.3, -0.25) is 4.79 Å². The van der Waals surface area contributed by atoms with Gasteiger partial charge in [-0.1, -0.05) is 6.07 Å². The maximum Gasteiger partial charge on any atom is 0.246 e. The van der Waals surface area contributed by atoms with Crippen LogP contribution in [-0.4, -0.2) is 45.9 Å². The Morgan fingerprint density at radius 3 is 2.53 bits per heavy atom. The second-order valence-corrected chi connectivity index (χ2v) is 9.10. The molecule has 1 unspecified atom stereocenters. The highest BCUT2D eigenvalue weighted by molar-refractivity contribution is 7.89. The number of sulfonamides is 1. The van der Waals surface area contributed by atoms with Crippen molar-refractivity contribution < 1.29 is 27.1 Å². The second-order valence-electron chi connectivity index (χ2n) is 7.19. The molecule has 1 amide bonds. The normalized spacial score (nSPS) is 17.4. The monoisotopic (exact) mass is 436 g/mol. The standard InChI is InChI=1S/C21H25FN2O5S/c1-14-6-8-18(28-2)17(11-14)23-21(25)15-5-4-10-24(13-15)30(26,27)20-12-16(22)7-9-19(20)29-3/h6-9,11-12,15H,4-5,10,13H2,1-3H3,(H,23,25). The van der Waals surface area contributed by atoms with E-state index in [2.05, 4.69) is 5.32 Å². The van der Waals surface area contributed by atoms with Gasteiger partial charge in [0.2, 0.25) is 15.9 Å². The highest BCUT2D eigenvalue weighted by atomic mass is 32.2. The quantitative estimate of drug-likeness (QED) is 0.752. The highest BCUT2D eigenvalue weighted by Gasteiger charge is 2.35. The predicted molar refractivity (Wildman–Crippen MR) is 111 cm³/mol. The minimum atomic E-state index is -4.02. The van der Waals surface area contributed by atoms with Crippen LogP contribution in [0, 0.1) is 18.7 Å². The first-order valence-corrected chi connectivity index (χ1v) is 11.0. The molecule has 1 heterocycles. The molecule has 9 heteroatoms. The molecule has 0 bridgehead atoms. The summed E-state index contributed by atoms with van der Waals surface area (Å²) in [6.45, 7) is 2.15. The minimum Gasteiger partial charge on any atom is -0.495 e. The van der Waals surface area contributed by atoms with Crippen molar-refractivity contribution in [2.45, 2.75) is 24.7 Å². The molecule has 162 valence electrons. The molecule has 1 fully saturated rings. The van der Waals surface area contributed by atoms with E-state index in [4.69, 9.17) is 9.47 Å². The third-order valence-corrected chi connectivity index (χ3v) is 7.00. The van der Waals surface area contributed by atoms with Gasteiger partial charge >= 0.3 is 0 Å². The summed E-state index contributed by atoms with van der Waals surface area (Å²) in [5.41, 5.74) is 1.49. The van der Waals surface area contributed by atoms with Crippen molar-refractivity contribution in [3.05, 3.63) is 47.8 Å². The molecule has 0 spiro atoms. The molecule has 0 aromatic heterocycles. The van der Waals surface area contributed by atoms with Crippen LogP contribution in [0.15, 0.2) is 41.3 Å². The molecule has 30 heavy (non-hydrogen) atoms. The van der Waals surface area contributed by atoms with Crippen LogP contribution >= 0.6 is 0 Å². The van der Waals surface area contributed by atoms with Crippen LogP contribution in [0.25, 0.3) is 0 Å². The molecule has 2 aromatic carbocycles. The Balaban J connectivity index is 1.81. The molecule has 3 rings (SSSR count). The first-order chi connectivity index (χ1) is 14.3. The first-order valence-electron chi connectivity index (χ1n) is 9.55. The molecular weight excluding hydrogens is 411 g/mol. The number of piperidine rings is 1. The van der Waals surface area contributed by atoms with Crippen molar-refractivity contribution in [2.75, 3.05) is 32.6 Å². The predicted octanol–water partition coefficient (Wildman–Crippen LogP) is 3.19. The zero-order valence-corrected chi connectivity index (χ0v) is 18.0. The molecule has 1 aliphatic heterocycles. The third-order valence-electron chi connectivity index (χ3n) is 5.11. The lowest BCUT2D eigenvalue weighted by molar-refractivity contribution is -0.120. The Morgan fingerprint density at radius 1 is 1.13 bits per heavy atom. The van der Waals surface area contributed by atoms with Gasteiger partial charge < -0.3 is 14.8 Å². The van der Waals surface area contributed by atoms with E-state index in [9.17, 15) is 17.6 Å². The van der Waals surface area contributed by atoms with Gasteiger partial charge in [-0.15, -0.1) is 0 Å². The van der Waals surface area contributed by atoms with Crippen LogP contribution in [0.1, 0.15) is 18.4 Å². The lowest BCUT2D eigenvalue weighted by Gasteiger charge is -2.31. The van der Waals surface area contributed by atoms with Crippen LogP contribution < -0.4 is 14.8 Å². The molecular formula is C21H25FN2O5S. The van der Waals surface area contributed by atoms with Crippen LogP contribution in [-0.2, 0) is 14.8 Å². The van der Waals surface area contributed by atoms with E-state index in [1.165, 1.54) is 24.6 Å². The largest absolute Gasteiger partial charge is 0.495 e. The van der Waals surface area contributed by atoms with Gasteiger partial charge in [-0.2, -0.15) is 4.31 Å². The maximum atomic E-state index is 13.7.